The first-order chi connectivity index (χ1) is 7.24. The highest BCUT2D eigenvalue weighted by atomic mass is 16.2. The van der Waals surface area contributed by atoms with Gasteiger partial charge in [0.25, 0.3) is 0 Å². The molecule has 0 aliphatic heterocycles. The molecule has 0 spiro atoms. The smallest absolute Gasteiger partial charge is 0.329 e. The number of amides is 2. The van der Waals surface area contributed by atoms with Gasteiger partial charge in [0.2, 0.25) is 0 Å². The number of hydrogen-bond donors (Lipinski definition) is 2. The summed E-state index contributed by atoms with van der Waals surface area (Å²) in [6, 6.07) is 9.29. The van der Waals surface area contributed by atoms with E-state index in [0.717, 1.165) is 18.5 Å². The fourth-order valence-electron chi connectivity index (χ4n) is 1.22. The van der Waals surface area contributed by atoms with Crippen molar-refractivity contribution in [3.63, 3.8) is 0 Å². The van der Waals surface area contributed by atoms with Gasteiger partial charge in [0.15, 0.2) is 0 Å². The van der Waals surface area contributed by atoms with Crippen LogP contribution in [-0.2, 0) is 6.54 Å². The molecule has 15 heavy (non-hydrogen) atoms. The van der Waals surface area contributed by atoms with E-state index >= 15 is 0 Å². The van der Waals surface area contributed by atoms with E-state index in [9.17, 15) is 4.79 Å². The molecule has 3 N–H and O–H groups in total. The number of rotatable bonds is 5. The molecule has 1 aromatic rings. The molecular weight excluding hydrogens is 190 g/mol. The van der Waals surface area contributed by atoms with Crippen molar-refractivity contribution in [3.05, 3.63) is 35.9 Å². The maximum atomic E-state index is 11.1. The summed E-state index contributed by atoms with van der Waals surface area (Å²) in [5, 5.41) is 1.43. The van der Waals surface area contributed by atoms with Crippen LogP contribution in [0.1, 0.15) is 18.9 Å². The van der Waals surface area contributed by atoms with Crippen molar-refractivity contribution < 1.29 is 4.79 Å². The third-order valence-electron chi connectivity index (χ3n) is 2.00. The number of hydrogen-bond acceptors (Lipinski definition) is 2. The largest absolute Gasteiger partial charge is 0.350 e. The molecule has 4 heteroatoms. The molecule has 4 nitrogen and oxygen atoms in total. The molecule has 0 saturated carbocycles. The Balaban J connectivity index is 2.55. The summed E-state index contributed by atoms with van der Waals surface area (Å²) in [6.07, 6.45) is 0.957. The summed E-state index contributed by atoms with van der Waals surface area (Å²) in [5.74, 6) is 0. The molecule has 82 valence electrons. The van der Waals surface area contributed by atoms with Crippen LogP contribution in [0.25, 0.3) is 0 Å². The number of nitrogens with zero attached hydrogens (tertiary/aromatic N) is 1. The zero-order chi connectivity index (χ0) is 11.1. The van der Waals surface area contributed by atoms with Gasteiger partial charge in [0.1, 0.15) is 0 Å². The zero-order valence-corrected chi connectivity index (χ0v) is 8.94. The molecule has 0 bridgehead atoms. The fourth-order valence-corrected chi connectivity index (χ4v) is 1.22. The first-order valence-corrected chi connectivity index (χ1v) is 5.08. The van der Waals surface area contributed by atoms with Crippen LogP contribution in [0.5, 0.6) is 0 Å². The molecule has 1 rings (SSSR count). The van der Waals surface area contributed by atoms with Crippen LogP contribution < -0.4 is 11.2 Å². The Hall–Kier alpha value is -1.55. The summed E-state index contributed by atoms with van der Waals surface area (Å²) in [7, 11) is 0. The lowest BCUT2D eigenvalue weighted by Gasteiger charge is -2.20. The zero-order valence-electron chi connectivity index (χ0n) is 8.94. The van der Waals surface area contributed by atoms with Crippen molar-refractivity contribution >= 4 is 6.03 Å². The Kier molecular flexibility index (Phi) is 4.63. The van der Waals surface area contributed by atoms with Crippen LogP contribution in [0, 0.1) is 0 Å². The lowest BCUT2D eigenvalue weighted by molar-refractivity contribution is 0.175. The van der Waals surface area contributed by atoms with Crippen molar-refractivity contribution in [3.8, 4) is 0 Å². The van der Waals surface area contributed by atoms with Gasteiger partial charge in [-0.15, -0.1) is 0 Å². The topological polar surface area (TPSA) is 58.4 Å². The molecule has 0 saturated heterocycles. The number of benzene rings is 1. The predicted octanol–water partition coefficient (Wildman–Crippen LogP) is 1.48. The van der Waals surface area contributed by atoms with Crippen molar-refractivity contribution in [2.75, 3.05) is 6.54 Å². The van der Waals surface area contributed by atoms with E-state index in [4.69, 9.17) is 5.73 Å². The Labute approximate surface area is 90.0 Å². The molecule has 0 aliphatic rings. The van der Waals surface area contributed by atoms with E-state index in [2.05, 4.69) is 5.43 Å². The first kappa shape index (κ1) is 11.5. The van der Waals surface area contributed by atoms with E-state index in [1.165, 1.54) is 5.01 Å². The van der Waals surface area contributed by atoms with Crippen LogP contribution >= 0.6 is 0 Å². The highest BCUT2D eigenvalue weighted by Crippen LogP contribution is 2.01. The summed E-state index contributed by atoms with van der Waals surface area (Å²) >= 11 is 0. The molecule has 0 unspecified atom stereocenters. The molecule has 1 aromatic carbocycles. The third kappa shape index (κ3) is 3.99. The van der Waals surface area contributed by atoms with Crippen molar-refractivity contribution in [2.24, 2.45) is 5.73 Å². The second-order valence-electron chi connectivity index (χ2n) is 3.32. The van der Waals surface area contributed by atoms with Crippen LogP contribution in [0.15, 0.2) is 30.3 Å². The number of nitrogens with one attached hydrogen (secondary N) is 1. The minimum atomic E-state index is -0.452. The van der Waals surface area contributed by atoms with Gasteiger partial charge in [-0.1, -0.05) is 37.3 Å². The van der Waals surface area contributed by atoms with E-state index in [0.29, 0.717) is 6.54 Å². The number of urea groups is 1. The molecule has 0 fully saturated rings. The Morgan fingerprint density at radius 1 is 1.40 bits per heavy atom. The van der Waals surface area contributed by atoms with E-state index in [-0.39, 0.29) is 0 Å². The van der Waals surface area contributed by atoms with Crippen LogP contribution in [0.2, 0.25) is 0 Å². The molecular formula is C11H17N3O. The second-order valence-corrected chi connectivity index (χ2v) is 3.32. The molecule has 2 amide bonds. The van der Waals surface area contributed by atoms with Crippen molar-refractivity contribution in [1.82, 2.24) is 10.4 Å². The third-order valence-corrected chi connectivity index (χ3v) is 2.00. The normalized spacial score (nSPS) is 9.93. The number of carbonyl (C=O) groups excluding carboxylic acids is 1. The molecule has 0 aromatic heterocycles. The van der Waals surface area contributed by atoms with Gasteiger partial charge >= 0.3 is 6.03 Å². The van der Waals surface area contributed by atoms with Gasteiger partial charge in [-0.25, -0.2) is 10.2 Å². The summed E-state index contributed by atoms with van der Waals surface area (Å²) in [4.78, 5) is 11.1. The van der Waals surface area contributed by atoms with Gasteiger partial charge in [0.05, 0.1) is 6.54 Å². The number of primary amides is 1. The quantitative estimate of drug-likeness (QED) is 0.718. The minimum Gasteiger partial charge on any atom is -0.350 e. The Bertz CT molecular complexity index is 300. The SMILES string of the molecule is CCCNN(Cc1ccccc1)C(N)=O. The second kappa shape index (κ2) is 6.03. The van der Waals surface area contributed by atoms with Gasteiger partial charge in [-0.2, -0.15) is 0 Å². The fraction of sp³-hybridized carbons (Fsp3) is 0.364. The lowest BCUT2D eigenvalue weighted by Crippen LogP contribution is -2.45. The van der Waals surface area contributed by atoms with E-state index in [1.54, 1.807) is 0 Å². The van der Waals surface area contributed by atoms with E-state index < -0.39 is 6.03 Å². The summed E-state index contributed by atoms with van der Waals surface area (Å²) in [5.41, 5.74) is 9.28. The molecule has 0 aliphatic carbocycles. The molecule has 0 atom stereocenters. The Morgan fingerprint density at radius 2 is 2.07 bits per heavy atom. The average molecular weight is 207 g/mol. The van der Waals surface area contributed by atoms with Crippen molar-refractivity contribution in [1.29, 1.82) is 0 Å². The van der Waals surface area contributed by atoms with Gasteiger partial charge in [-0.3, -0.25) is 5.01 Å². The average Bonchev–Trinajstić information content (AvgIpc) is 2.25. The van der Waals surface area contributed by atoms with Crippen LogP contribution in [0.4, 0.5) is 4.79 Å². The maximum absolute atomic E-state index is 11.1. The Morgan fingerprint density at radius 3 is 2.60 bits per heavy atom. The van der Waals surface area contributed by atoms with Gasteiger partial charge in [-0.05, 0) is 12.0 Å². The number of nitrogens with two attached hydrogens (primary N) is 1. The first-order valence-electron chi connectivity index (χ1n) is 5.08. The highest BCUT2D eigenvalue weighted by molar-refractivity contribution is 5.71. The summed E-state index contributed by atoms with van der Waals surface area (Å²) < 4.78 is 0. The monoisotopic (exact) mass is 207 g/mol. The highest BCUT2D eigenvalue weighted by Gasteiger charge is 2.08. The maximum Gasteiger partial charge on any atom is 0.329 e. The van der Waals surface area contributed by atoms with Gasteiger partial charge < -0.3 is 5.73 Å². The summed E-state index contributed by atoms with van der Waals surface area (Å²) in [6.45, 7) is 3.28. The van der Waals surface area contributed by atoms with E-state index in [1.807, 2.05) is 37.3 Å². The number of hydrazine groups is 1. The molecule has 0 radical (unpaired) electrons. The predicted molar refractivity (Wildman–Crippen MR) is 59.9 cm³/mol. The molecule has 0 heterocycles. The van der Waals surface area contributed by atoms with Gasteiger partial charge in [0, 0.05) is 6.54 Å². The van der Waals surface area contributed by atoms with Crippen LogP contribution in [-0.4, -0.2) is 17.6 Å². The van der Waals surface area contributed by atoms with Crippen molar-refractivity contribution in [2.45, 2.75) is 19.9 Å². The minimum absolute atomic E-state index is 0.452. The van der Waals surface area contributed by atoms with Crippen LogP contribution in [0.3, 0.4) is 0 Å². The lowest BCUT2D eigenvalue weighted by atomic mass is 10.2. The number of carbonyl (C=O) groups is 1. The standard InChI is InChI=1S/C11H17N3O/c1-2-8-13-14(11(12)15)9-10-6-4-3-5-7-10/h3-7,13H,2,8-9H2,1H3,(H2,12,15).